The van der Waals surface area contributed by atoms with Crippen LogP contribution in [0.4, 0.5) is 0 Å². The van der Waals surface area contributed by atoms with Crippen LogP contribution >= 0.6 is 0 Å². The van der Waals surface area contributed by atoms with Crippen LogP contribution in [0, 0.1) is 6.92 Å². The predicted molar refractivity (Wildman–Crippen MR) is 93.8 cm³/mol. The molecule has 2 rings (SSSR count). The fraction of sp³-hybridized carbons (Fsp3) is 0.444. The predicted octanol–water partition coefficient (Wildman–Crippen LogP) is 2.51. The normalized spacial score (nSPS) is 11.1. The van der Waals surface area contributed by atoms with Crippen molar-refractivity contribution in [2.45, 2.75) is 39.4 Å². The Hall–Kier alpha value is -1.98. The van der Waals surface area contributed by atoms with E-state index in [1.54, 1.807) is 0 Å². The number of imidazole rings is 1. The molecule has 5 heteroatoms. The van der Waals surface area contributed by atoms with Crippen LogP contribution in [0.1, 0.15) is 29.9 Å². The van der Waals surface area contributed by atoms with Crippen LogP contribution in [0.15, 0.2) is 43.4 Å². The van der Waals surface area contributed by atoms with Gasteiger partial charge >= 0.3 is 0 Å². The third kappa shape index (κ3) is 5.30. The molecule has 0 fully saturated rings. The van der Waals surface area contributed by atoms with Gasteiger partial charge in [0.2, 0.25) is 0 Å². The van der Waals surface area contributed by atoms with Gasteiger partial charge in [-0.3, -0.25) is 9.88 Å². The number of hydrogen-bond acceptors (Lipinski definition) is 4. The average molecular weight is 313 g/mol. The molecule has 2 heterocycles. The summed E-state index contributed by atoms with van der Waals surface area (Å²) >= 11 is 0. The van der Waals surface area contributed by atoms with Gasteiger partial charge in [0, 0.05) is 31.7 Å². The highest BCUT2D eigenvalue weighted by molar-refractivity contribution is 5.17. The van der Waals surface area contributed by atoms with E-state index in [0.29, 0.717) is 0 Å². The molecule has 2 aromatic heterocycles. The molecular weight excluding hydrogens is 286 g/mol. The minimum atomic E-state index is 0.738. The number of nitrogens with zero attached hydrogens (tertiary/aromatic N) is 4. The van der Waals surface area contributed by atoms with E-state index in [2.05, 4.69) is 39.0 Å². The SMILES string of the molecule is C=CCn1ccnc1CN(CCCCN)Cc1ncccc1C. The van der Waals surface area contributed by atoms with Crippen LogP contribution in [0.25, 0.3) is 0 Å². The molecule has 0 aliphatic carbocycles. The van der Waals surface area contributed by atoms with Crippen LogP contribution in [0.5, 0.6) is 0 Å². The average Bonchev–Trinajstić information content (AvgIpc) is 2.97. The van der Waals surface area contributed by atoms with Crippen LogP contribution in [0.3, 0.4) is 0 Å². The van der Waals surface area contributed by atoms with Crippen molar-refractivity contribution in [1.29, 1.82) is 0 Å². The highest BCUT2D eigenvalue weighted by Crippen LogP contribution is 2.12. The molecule has 0 bridgehead atoms. The second-order valence-corrected chi connectivity index (χ2v) is 5.76. The lowest BCUT2D eigenvalue weighted by molar-refractivity contribution is 0.239. The number of aryl methyl sites for hydroxylation is 1. The summed E-state index contributed by atoms with van der Waals surface area (Å²) < 4.78 is 2.13. The minimum Gasteiger partial charge on any atom is -0.330 e. The quantitative estimate of drug-likeness (QED) is 0.541. The van der Waals surface area contributed by atoms with Crippen molar-refractivity contribution < 1.29 is 0 Å². The summed E-state index contributed by atoms with van der Waals surface area (Å²) in [5, 5.41) is 0. The summed E-state index contributed by atoms with van der Waals surface area (Å²) in [6, 6.07) is 4.09. The molecule has 0 amide bonds. The van der Waals surface area contributed by atoms with Crippen LogP contribution in [-0.4, -0.2) is 32.5 Å². The van der Waals surface area contributed by atoms with E-state index in [-0.39, 0.29) is 0 Å². The van der Waals surface area contributed by atoms with Gasteiger partial charge < -0.3 is 10.3 Å². The largest absolute Gasteiger partial charge is 0.330 e. The molecule has 0 spiro atoms. The van der Waals surface area contributed by atoms with Crippen molar-refractivity contribution in [3.63, 3.8) is 0 Å². The Labute approximate surface area is 138 Å². The van der Waals surface area contributed by atoms with Gasteiger partial charge in [0.15, 0.2) is 0 Å². The molecule has 0 aliphatic rings. The molecule has 0 aromatic carbocycles. The number of aromatic nitrogens is 3. The third-order valence-electron chi connectivity index (χ3n) is 3.91. The fourth-order valence-corrected chi connectivity index (χ4v) is 2.59. The van der Waals surface area contributed by atoms with E-state index in [1.165, 1.54) is 5.56 Å². The van der Waals surface area contributed by atoms with Gasteiger partial charge in [-0.1, -0.05) is 12.1 Å². The lowest BCUT2D eigenvalue weighted by Gasteiger charge is -2.22. The minimum absolute atomic E-state index is 0.738. The van der Waals surface area contributed by atoms with Gasteiger partial charge in [0.25, 0.3) is 0 Å². The Kier molecular flexibility index (Phi) is 6.97. The standard InChI is InChI=1S/C18H27N5/c1-3-11-23-13-10-21-18(23)15-22(12-5-4-8-19)14-17-16(2)7-6-9-20-17/h3,6-7,9-10,13H,1,4-5,8,11-12,14-15,19H2,2H3. The molecule has 0 saturated carbocycles. The first-order valence-corrected chi connectivity index (χ1v) is 8.18. The lowest BCUT2D eigenvalue weighted by Crippen LogP contribution is -2.27. The smallest absolute Gasteiger partial charge is 0.123 e. The zero-order chi connectivity index (χ0) is 16.5. The Balaban J connectivity index is 2.08. The van der Waals surface area contributed by atoms with Crippen molar-refractivity contribution in [3.8, 4) is 0 Å². The molecule has 0 aliphatic heterocycles. The van der Waals surface area contributed by atoms with Gasteiger partial charge in [0.05, 0.1) is 12.2 Å². The Morgan fingerprint density at radius 3 is 2.87 bits per heavy atom. The maximum absolute atomic E-state index is 5.63. The van der Waals surface area contributed by atoms with E-state index in [1.807, 2.05) is 30.7 Å². The number of hydrogen-bond donors (Lipinski definition) is 1. The van der Waals surface area contributed by atoms with E-state index < -0.39 is 0 Å². The van der Waals surface area contributed by atoms with Crippen molar-refractivity contribution >= 4 is 0 Å². The van der Waals surface area contributed by atoms with E-state index in [0.717, 1.165) is 57.1 Å². The zero-order valence-electron chi connectivity index (χ0n) is 14.0. The highest BCUT2D eigenvalue weighted by Gasteiger charge is 2.12. The van der Waals surface area contributed by atoms with Gasteiger partial charge in [-0.15, -0.1) is 6.58 Å². The third-order valence-corrected chi connectivity index (χ3v) is 3.91. The molecule has 0 unspecified atom stereocenters. The summed E-state index contributed by atoms with van der Waals surface area (Å²) in [5.41, 5.74) is 7.99. The van der Waals surface area contributed by atoms with Gasteiger partial charge in [-0.05, 0) is 44.5 Å². The number of allylic oxidation sites excluding steroid dienone is 1. The summed E-state index contributed by atoms with van der Waals surface area (Å²) in [6.07, 6.45) is 9.74. The molecule has 2 N–H and O–H groups in total. The maximum atomic E-state index is 5.63. The summed E-state index contributed by atoms with van der Waals surface area (Å²) in [5.74, 6) is 1.06. The van der Waals surface area contributed by atoms with Crippen molar-refractivity contribution in [2.24, 2.45) is 5.73 Å². The Morgan fingerprint density at radius 2 is 2.13 bits per heavy atom. The first-order valence-electron chi connectivity index (χ1n) is 8.18. The molecule has 23 heavy (non-hydrogen) atoms. The maximum Gasteiger partial charge on any atom is 0.123 e. The van der Waals surface area contributed by atoms with Crippen LogP contribution < -0.4 is 5.73 Å². The van der Waals surface area contributed by atoms with E-state index >= 15 is 0 Å². The van der Waals surface area contributed by atoms with Gasteiger partial charge in [-0.25, -0.2) is 4.98 Å². The zero-order valence-corrected chi connectivity index (χ0v) is 14.0. The molecule has 124 valence electrons. The topological polar surface area (TPSA) is 60.0 Å². The molecular formula is C18H27N5. The fourth-order valence-electron chi connectivity index (χ4n) is 2.59. The number of nitrogens with two attached hydrogens (primary N) is 1. The molecule has 5 nitrogen and oxygen atoms in total. The molecule has 0 atom stereocenters. The Morgan fingerprint density at radius 1 is 1.26 bits per heavy atom. The first kappa shape index (κ1) is 17.4. The van der Waals surface area contributed by atoms with E-state index in [4.69, 9.17) is 5.73 Å². The summed E-state index contributed by atoms with van der Waals surface area (Å²) in [6.45, 7) is 10.1. The van der Waals surface area contributed by atoms with E-state index in [9.17, 15) is 0 Å². The molecule has 0 radical (unpaired) electrons. The van der Waals surface area contributed by atoms with Crippen LogP contribution in [0.2, 0.25) is 0 Å². The second-order valence-electron chi connectivity index (χ2n) is 5.76. The summed E-state index contributed by atoms with van der Waals surface area (Å²) in [7, 11) is 0. The van der Waals surface area contributed by atoms with Crippen molar-refractivity contribution in [2.75, 3.05) is 13.1 Å². The molecule has 0 saturated heterocycles. The monoisotopic (exact) mass is 313 g/mol. The van der Waals surface area contributed by atoms with Crippen LogP contribution in [-0.2, 0) is 19.6 Å². The van der Waals surface area contributed by atoms with Crippen molar-refractivity contribution in [1.82, 2.24) is 19.4 Å². The molecule has 2 aromatic rings. The number of pyridine rings is 1. The first-order chi connectivity index (χ1) is 11.2. The van der Waals surface area contributed by atoms with Crippen molar-refractivity contribution in [3.05, 3.63) is 60.5 Å². The number of rotatable bonds is 10. The number of unbranched alkanes of at least 4 members (excludes halogenated alkanes) is 1. The Bertz CT molecular complexity index is 605. The highest BCUT2D eigenvalue weighted by atomic mass is 15.2. The summed E-state index contributed by atoms with van der Waals surface area (Å²) in [4.78, 5) is 11.4. The van der Waals surface area contributed by atoms with Gasteiger partial charge in [-0.2, -0.15) is 0 Å². The van der Waals surface area contributed by atoms with Gasteiger partial charge in [0.1, 0.15) is 5.82 Å². The second kappa shape index (κ2) is 9.22. The lowest BCUT2D eigenvalue weighted by atomic mass is 10.2.